The van der Waals surface area contributed by atoms with Crippen LogP contribution in [0.25, 0.3) is 0 Å². The maximum Gasteiger partial charge on any atom is 0.0342 e. The minimum absolute atomic E-state index is 0.435. The summed E-state index contributed by atoms with van der Waals surface area (Å²) >= 11 is 0. The van der Waals surface area contributed by atoms with Gasteiger partial charge in [0, 0.05) is 21.8 Å². The highest BCUT2D eigenvalue weighted by Gasteiger charge is 2.13. The lowest BCUT2D eigenvalue weighted by atomic mass is 10.0. The maximum atomic E-state index is 11.9. The van der Waals surface area contributed by atoms with E-state index in [-0.39, 0.29) is 0 Å². The van der Waals surface area contributed by atoms with Gasteiger partial charge in [0.05, 0.1) is 0 Å². The van der Waals surface area contributed by atoms with Crippen molar-refractivity contribution in [1.29, 1.82) is 0 Å². The van der Waals surface area contributed by atoms with E-state index in [0.717, 1.165) is 30.9 Å². The van der Waals surface area contributed by atoms with Crippen molar-refractivity contribution in [3.8, 4) is 0 Å². The Morgan fingerprint density at radius 2 is 1.43 bits per heavy atom. The van der Waals surface area contributed by atoms with Crippen LogP contribution in [0.15, 0.2) is 0 Å². The Morgan fingerprint density at radius 3 is 1.79 bits per heavy atom. The Morgan fingerprint density at radius 1 is 0.929 bits per heavy atom. The summed E-state index contributed by atoms with van der Waals surface area (Å²) in [6.07, 6.45) is 5.74. The van der Waals surface area contributed by atoms with Crippen molar-refractivity contribution < 1.29 is 4.21 Å². The largest absolute Gasteiger partial charge is 0.259 e. The third kappa shape index (κ3) is 5.14. The van der Waals surface area contributed by atoms with Gasteiger partial charge in [-0.3, -0.25) is 4.21 Å². The molecule has 0 aromatic heterocycles. The first-order valence-corrected chi connectivity index (χ1v) is 7.44. The summed E-state index contributed by atoms with van der Waals surface area (Å²) in [6, 6.07) is 0. The molecule has 0 aliphatic rings. The van der Waals surface area contributed by atoms with Gasteiger partial charge >= 0.3 is 0 Å². The SMILES string of the molecule is CCC(CC)CCS(=O)C(CC)CC. The first-order chi connectivity index (χ1) is 6.69. The van der Waals surface area contributed by atoms with E-state index in [0.29, 0.717) is 5.25 Å². The monoisotopic (exact) mass is 218 g/mol. The summed E-state index contributed by atoms with van der Waals surface area (Å²) in [4.78, 5) is 0. The van der Waals surface area contributed by atoms with Gasteiger partial charge in [-0.05, 0) is 25.2 Å². The Hall–Kier alpha value is 0.150. The fourth-order valence-corrected chi connectivity index (χ4v) is 3.45. The normalized spacial score (nSPS) is 13.9. The summed E-state index contributed by atoms with van der Waals surface area (Å²) in [5.41, 5.74) is 0. The number of rotatable bonds is 8. The summed E-state index contributed by atoms with van der Waals surface area (Å²) in [6.45, 7) is 8.74. The molecule has 0 rings (SSSR count). The van der Waals surface area contributed by atoms with Crippen LogP contribution in [0.5, 0.6) is 0 Å². The molecule has 0 saturated carbocycles. The van der Waals surface area contributed by atoms with Crippen molar-refractivity contribution in [2.24, 2.45) is 5.92 Å². The zero-order chi connectivity index (χ0) is 11.0. The molecule has 2 heteroatoms. The van der Waals surface area contributed by atoms with E-state index in [1.807, 2.05) is 0 Å². The molecule has 0 spiro atoms. The smallest absolute Gasteiger partial charge is 0.0342 e. The van der Waals surface area contributed by atoms with Crippen LogP contribution in [-0.2, 0) is 10.8 Å². The van der Waals surface area contributed by atoms with E-state index in [1.54, 1.807) is 0 Å². The molecule has 0 radical (unpaired) electrons. The van der Waals surface area contributed by atoms with E-state index in [4.69, 9.17) is 0 Å². The molecule has 0 aromatic carbocycles. The van der Waals surface area contributed by atoms with E-state index in [2.05, 4.69) is 27.7 Å². The average molecular weight is 218 g/mol. The molecule has 0 amide bonds. The highest BCUT2D eigenvalue weighted by molar-refractivity contribution is 7.85. The van der Waals surface area contributed by atoms with Crippen molar-refractivity contribution in [3.05, 3.63) is 0 Å². The lowest BCUT2D eigenvalue weighted by Crippen LogP contribution is -2.17. The van der Waals surface area contributed by atoms with Gasteiger partial charge in [-0.15, -0.1) is 0 Å². The first-order valence-electron chi connectivity index (χ1n) is 6.06. The van der Waals surface area contributed by atoms with Crippen LogP contribution in [0.1, 0.15) is 59.8 Å². The van der Waals surface area contributed by atoms with Crippen LogP contribution >= 0.6 is 0 Å². The van der Waals surface area contributed by atoms with Gasteiger partial charge < -0.3 is 0 Å². The van der Waals surface area contributed by atoms with Gasteiger partial charge in [0.1, 0.15) is 0 Å². The first kappa shape index (κ1) is 14.2. The molecule has 1 unspecified atom stereocenters. The standard InChI is InChI=1S/C12H26OS/c1-5-11(6-2)9-10-14(13)12(7-3)8-4/h11-12H,5-10H2,1-4H3. The third-order valence-electron chi connectivity index (χ3n) is 3.16. The number of hydrogen-bond acceptors (Lipinski definition) is 1. The van der Waals surface area contributed by atoms with E-state index < -0.39 is 10.8 Å². The topological polar surface area (TPSA) is 17.1 Å². The second-order valence-electron chi connectivity index (χ2n) is 3.99. The molecule has 0 N–H and O–H groups in total. The Kier molecular flexibility index (Phi) is 8.55. The third-order valence-corrected chi connectivity index (χ3v) is 5.21. The van der Waals surface area contributed by atoms with Gasteiger partial charge in [0.15, 0.2) is 0 Å². The minimum atomic E-state index is -0.582. The lowest BCUT2D eigenvalue weighted by molar-refractivity contribution is 0.478. The molecule has 86 valence electrons. The van der Waals surface area contributed by atoms with E-state index >= 15 is 0 Å². The maximum absolute atomic E-state index is 11.9. The molecule has 0 aliphatic carbocycles. The van der Waals surface area contributed by atoms with Crippen molar-refractivity contribution in [2.75, 3.05) is 5.75 Å². The van der Waals surface area contributed by atoms with E-state index in [1.165, 1.54) is 12.8 Å². The summed E-state index contributed by atoms with van der Waals surface area (Å²) < 4.78 is 11.9. The molecule has 0 aromatic rings. The van der Waals surface area contributed by atoms with Crippen LogP contribution in [0.3, 0.4) is 0 Å². The van der Waals surface area contributed by atoms with Gasteiger partial charge in [-0.1, -0.05) is 40.5 Å². The molecule has 0 fully saturated rings. The zero-order valence-corrected chi connectivity index (χ0v) is 11.0. The summed E-state index contributed by atoms with van der Waals surface area (Å²) in [5, 5.41) is 0.435. The van der Waals surface area contributed by atoms with Gasteiger partial charge in [-0.2, -0.15) is 0 Å². The van der Waals surface area contributed by atoms with Gasteiger partial charge in [0.2, 0.25) is 0 Å². The molecule has 1 atom stereocenters. The highest BCUT2D eigenvalue weighted by Crippen LogP contribution is 2.15. The molecular weight excluding hydrogens is 192 g/mol. The second-order valence-corrected chi connectivity index (χ2v) is 5.83. The van der Waals surface area contributed by atoms with E-state index in [9.17, 15) is 4.21 Å². The molecule has 0 heterocycles. The molecular formula is C12H26OS. The van der Waals surface area contributed by atoms with Crippen LogP contribution in [0.2, 0.25) is 0 Å². The van der Waals surface area contributed by atoms with Crippen molar-refractivity contribution in [1.82, 2.24) is 0 Å². The summed E-state index contributed by atoms with van der Waals surface area (Å²) in [7, 11) is -0.582. The van der Waals surface area contributed by atoms with Crippen LogP contribution in [-0.4, -0.2) is 15.2 Å². The van der Waals surface area contributed by atoms with Crippen LogP contribution in [0, 0.1) is 5.92 Å². The van der Waals surface area contributed by atoms with Crippen LogP contribution < -0.4 is 0 Å². The second kappa shape index (κ2) is 8.46. The molecule has 1 nitrogen and oxygen atoms in total. The predicted molar refractivity (Wildman–Crippen MR) is 66.1 cm³/mol. The van der Waals surface area contributed by atoms with Gasteiger partial charge in [0.25, 0.3) is 0 Å². The fraction of sp³-hybridized carbons (Fsp3) is 1.00. The lowest BCUT2D eigenvalue weighted by Gasteiger charge is -2.15. The quantitative estimate of drug-likeness (QED) is 0.606. The molecule has 0 aliphatic heterocycles. The molecule has 0 saturated heterocycles. The summed E-state index contributed by atoms with van der Waals surface area (Å²) in [5.74, 6) is 1.70. The fourth-order valence-electron chi connectivity index (χ4n) is 1.81. The Bertz CT molecular complexity index is 148. The van der Waals surface area contributed by atoms with Crippen LogP contribution in [0.4, 0.5) is 0 Å². The average Bonchev–Trinajstić information content (AvgIpc) is 2.21. The molecule has 14 heavy (non-hydrogen) atoms. The Balaban J connectivity index is 3.81. The van der Waals surface area contributed by atoms with Crippen molar-refractivity contribution in [3.63, 3.8) is 0 Å². The van der Waals surface area contributed by atoms with Crippen molar-refractivity contribution >= 4 is 10.8 Å². The molecule has 0 bridgehead atoms. The van der Waals surface area contributed by atoms with Crippen molar-refractivity contribution in [2.45, 2.75) is 65.0 Å². The number of hydrogen-bond donors (Lipinski definition) is 0. The highest BCUT2D eigenvalue weighted by atomic mass is 32.2. The van der Waals surface area contributed by atoms with Gasteiger partial charge in [-0.25, -0.2) is 0 Å². The minimum Gasteiger partial charge on any atom is -0.259 e. The predicted octanol–water partition coefficient (Wildman–Crippen LogP) is 3.75. The Labute approximate surface area is 92.1 Å². The zero-order valence-electron chi connectivity index (χ0n) is 10.2.